The third-order valence-corrected chi connectivity index (χ3v) is 2.71. The molecular formula is C13H15NO3S. The first-order chi connectivity index (χ1) is 8.61. The summed E-state index contributed by atoms with van der Waals surface area (Å²) in [5.74, 6) is -0.500. The van der Waals surface area contributed by atoms with Gasteiger partial charge in [-0.1, -0.05) is 24.3 Å². The van der Waals surface area contributed by atoms with Crippen molar-refractivity contribution in [1.29, 1.82) is 0 Å². The highest BCUT2D eigenvalue weighted by Crippen LogP contribution is 2.06. The maximum atomic E-state index is 11.3. The average molecular weight is 265 g/mol. The van der Waals surface area contributed by atoms with Crippen LogP contribution in [0, 0.1) is 0 Å². The first-order valence-corrected chi connectivity index (χ1v) is 6.77. The summed E-state index contributed by atoms with van der Waals surface area (Å²) in [5.41, 5.74) is 1.80. The molecule has 5 heteroatoms. The number of rotatable bonds is 6. The molecule has 0 saturated heterocycles. The van der Waals surface area contributed by atoms with E-state index < -0.39 is 5.97 Å². The molecule has 1 aromatic rings. The number of nitrogens with one attached hydrogen (secondary N) is 1. The summed E-state index contributed by atoms with van der Waals surface area (Å²) >= 11 is 1.48. The van der Waals surface area contributed by atoms with Gasteiger partial charge in [0.25, 0.3) is 0 Å². The molecule has 0 heterocycles. The van der Waals surface area contributed by atoms with Crippen molar-refractivity contribution < 1.29 is 14.7 Å². The smallest absolute Gasteiger partial charge is 0.328 e. The lowest BCUT2D eigenvalue weighted by Gasteiger charge is -2.04. The molecule has 96 valence electrons. The van der Waals surface area contributed by atoms with Gasteiger partial charge in [-0.15, -0.1) is 0 Å². The number of carboxylic acid groups (broad SMARTS) is 1. The van der Waals surface area contributed by atoms with Crippen LogP contribution in [0.15, 0.2) is 30.3 Å². The van der Waals surface area contributed by atoms with Gasteiger partial charge in [0, 0.05) is 12.6 Å². The van der Waals surface area contributed by atoms with Gasteiger partial charge in [-0.3, -0.25) is 4.79 Å². The quantitative estimate of drug-likeness (QED) is 0.769. The van der Waals surface area contributed by atoms with Crippen LogP contribution in [-0.4, -0.2) is 29.0 Å². The summed E-state index contributed by atoms with van der Waals surface area (Å²) in [7, 11) is 0. The van der Waals surface area contributed by atoms with Crippen molar-refractivity contribution >= 4 is 29.7 Å². The van der Waals surface area contributed by atoms with Gasteiger partial charge in [0.05, 0.1) is 5.75 Å². The Hall–Kier alpha value is -1.75. The number of thioether (sulfide) groups is 1. The summed E-state index contributed by atoms with van der Waals surface area (Å²) in [6, 6.07) is 7.35. The summed E-state index contributed by atoms with van der Waals surface area (Å²) in [6.07, 6.45) is 4.50. The van der Waals surface area contributed by atoms with Gasteiger partial charge >= 0.3 is 5.97 Å². The summed E-state index contributed by atoms with van der Waals surface area (Å²) in [6.45, 7) is 0.488. The fourth-order valence-electron chi connectivity index (χ4n) is 1.30. The minimum Gasteiger partial charge on any atom is -0.478 e. The maximum absolute atomic E-state index is 11.3. The number of carbonyl (C=O) groups is 2. The normalized spacial score (nSPS) is 10.5. The van der Waals surface area contributed by atoms with E-state index in [1.54, 1.807) is 0 Å². The van der Waals surface area contributed by atoms with Crippen LogP contribution in [0.3, 0.4) is 0 Å². The van der Waals surface area contributed by atoms with Crippen LogP contribution in [0.2, 0.25) is 0 Å². The van der Waals surface area contributed by atoms with Crippen LogP contribution in [0.25, 0.3) is 6.08 Å². The minimum absolute atomic E-state index is 0.0114. The van der Waals surface area contributed by atoms with Crippen molar-refractivity contribution in [3.63, 3.8) is 0 Å². The second-order valence-electron chi connectivity index (χ2n) is 3.62. The van der Waals surface area contributed by atoms with E-state index in [1.165, 1.54) is 17.8 Å². The van der Waals surface area contributed by atoms with E-state index in [9.17, 15) is 9.59 Å². The molecule has 1 aromatic carbocycles. The Morgan fingerprint density at radius 1 is 1.33 bits per heavy atom. The fraction of sp³-hybridized carbons (Fsp3) is 0.231. The van der Waals surface area contributed by atoms with Crippen molar-refractivity contribution in [3.8, 4) is 0 Å². The van der Waals surface area contributed by atoms with Gasteiger partial charge in [0.2, 0.25) is 5.91 Å². The van der Waals surface area contributed by atoms with Gasteiger partial charge < -0.3 is 10.4 Å². The lowest BCUT2D eigenvalue weighted by molar-refractivity contribution is -0.131. The van der Waals surface area contributed by atoms with E-state index >= 15 is 0 Å². The standard InChI is InChI=1S/C13H15NO3S/c1-18-9-12(15)14-8-11-4-2-10(3-5-11)6-7-13(16)17/h2-7H,8-9H2,1H3,(H,14,15)(H,16,17). The van der Waals surface area contributed by atoms with E-state index in [1.807, 2.05) is 30.5 Å². The summed E-state index contributed by atoms with van der Waals surface area (Å²) < 4.78 is 0. The zero-order valence-electron chi connectivity index (χ0n) is 10.1. The third-order valence-electron chi connectivity index (χ3n) is 2.16. The molecule has 1 amide bonds. The molecule has 0 aliphatic heterocycles. The van der Waals surface area contributed by atoms with Crippen molar-refractivity contribution in [3.05, 3.63) is 41.5 Å². The van der Waals surface area contributed by atoms with E-state index in [2.05, 4.69) is 5.32 Å². The molecule has 0 aromatic heterocycles. The largest absolute Gasteiger partial charge is 0.478 e. The van der Waals surface area contributed by atoms with Crippen LogP contribution in [0.5, 0.6) is 0 Å². The molecule has 0 bridgehead atoms. The fourth-order valence-corrected chi connectivity index (χ4v) is 1.66. The highest BCUT2D eigenvalue weighted by atomic mass is 32.2. The highest BCUT2D eigenvalue weighted by molar-refractivity contribution is 7.99. The Labute approximate surface area is 110 Å². The number of carboxylic acids is 1. The molecule has 1 rings (SSSR count). The lowest BCUT2D eigenvalue weighted by Crippen LogP contribution is -2.24. The van der Waals surface area contributed by atoms with Gasteiger partial charge in [-0.2, -0.15) is 11.8 Å². The molecule has 2 N–H and O–H groups in total. The van der Waals surface area contributed by atoms with Crippen molar-refractivity contribution in [1.82, 2.24) is 5.32 Å². The van der Waals surface area contributed by atoms with Crippen LogP contribution in [0.1, 0.15) is 11.1 Å². The first kappa shape index (κ1) is 14.3. The van der Waals surface area contributed by atoms with Crippen LogP contribution in [-0.2, 0) is 16.1 Å². The second kappa shape index (κ2) is 7.55. The number of hydrogen-bond donors (Lipinski definition) is 2. The second-order valence-corrected chi connectivity index (χ2v) is 4.49. The molecule has 0 spiro atoms. The van der Waals surface area contributed by atoms with E-state index in [-0.39, 0.29) is 5.91 Å². The Balaban J connectivity index is 2.50. The minimum atomic E-state index is -0.969. The molecule has 0 unspecified atom stereocenters. The number of benzene rings is 1. The molecule has 0 aliphatic rings. The molecule has 0 fully saturated rings. The third kappa shape index (κ3) is 5.54. The van der Waals surface area contributed by atoms with Crippen molar-refractivity contribution in [2.45, 2.75) is 6.54 Å². The monoisotopic (exact) mass is 265 g/mol. The highest BCUT2D eigenvalue weighted by Gasteiger charge is 1.99. The Morgan fingerprint density at radius 2 is 2.00 bits per heavy atom. The molecular weight excluding hydrogens is 250 g/mol. The molecule has 0 radical (unpaired) electrons. The predicted molar refractivity (Wildman–Crippen MR) is 73.3 cm³/mol. The van der Waals surface area contributed by atoms with Gasteiger partial charge in [-0.05, 0) is 23.5 Å². The number of amides is 1. The van der Waals surface area contributed by atoms with E-state index in [0.717, 1.165) is 17.2 Å². The zero-order valence-corrected chi connectivity index (χ0v) is 10.9. The molecule has 18 heavy (non-hydrogen) atoms. The Morgan fingerprint density at radius 3 is 2.56 bits per heavy atom. The van der Waals surface area contributed by atoms with Gasteiger partial charge in [0.15, 0.2) is 0 Å². The average Bonchev–Trinajstić information content (AvgIpc) is 2.35. The van der Waals surface area contributed by atoms with Crippen LogP contribution in [0.4, 0.5) is 0 Å². The predicted octanol–water partition coefficient (Wildman–Crippen LogP) is 1.76. The molecule has 0 saturated carbocycles. The molecule has 4 nitrogen and oxygen atoms in total. The van der Waals surface area contributed by atoms with E-state index in [4.69, 9.17) is 5.11 Å². The van der Waals surface area contributed by atoms with Crippen molar-refractivity contribution in [2.24, 2.45) is 0 Å². The summed E-state index contributed by atoms with van der Waals surface area (Å²) in [4.78, 5) is 21.6. The van der Waals surface area contributed by atoms with E-state index in [0.29, 0.717) is 12.3 Å². The number of carbonyl (C=O) groups excluding carboxylic acids is 1. The van der Waals surface area contributed by atoms with Gasteiger partial charge in [0.1, 0.15) is 0 Å². The lowest BCUT2D eigenvalue weighted by atomic mass is 10.1. The maximum Gasteiger partial charge on any atom is 0.328 e. The number of aliphatic carboxylic acids is 1. The molecule has 0 aliphatic carbocycles. The van der Waals surface area contributed by atoms with Crippen molar-refractivity contribution in [2.75, 3.05) is 12.0 Å². The van der Waals surface area contributed by atoms with Crippen LogP contribution < -0.4 is 5.32 Å². The first-order valence-electron chi connectivity index (χ1n) is 5.37. The van der Waals surface area contributed by atoms with Crippen LogP contribution >= 0.6 is 11.8 Å². The zero-order chi connectivity index (χ0) is 13.4. The summed E-state index contributed by atoms with van der Waals surface area (Å²) in [5, 5.41) is 11.3. The topological polar surface area (TPSA) is 66.4 Å². The SMILES string of the molecule is CSCC(=O)NCc1ccc(C=CC(=O)O)cc1. The number of hydrogen-bond acceptors (Lipinski definition) is 3. The Bertz CT molecular complexity index is 440. The molecule has 0 atom stereocenters. The Kier molecular flexibility index (Phi) is 6.00. The van der Waals surface area contributed by atoms with Gasteiger partial charge in [-0.25, -0.2) is 4.79 Å².